The summed E-state index contributed by atoms with van der Waals surface area (Å²) >= 11 is 0. The summed E-state index contributed by atoms with van der Waals surface area (Å²) < 4.78 is 1.91. The van der Waals surface area contributed by atoms with Crippen LogP contribution in [0.5, 0.6) is 0 Å². The molecule has 0 bridgehead atoms. The zero-order chi connectivity index (χ0) is 27.4. The first-order chi connectivity index (χ1) is 16.8. The molecule has 1 saturated heterocycles. The fourth-order valence-corrected chi connectivity index (χ4v) is 3.24. The average molecular weight is 510 g/mol. The third kappa shape index (κ3) is 9.68. The fourth-order valence-electron chi connectivity index (χ4n) is 3.24. The molecule has 2 heterocycles. The molecule has 36 heavy (non-hydrogen) atoms. The van der Waals surface area contributed by atoms with Crippen LogP contribution in [0.1, 0.15) is 43.2 Å². The summed E-state index contributed by atoms with van der Waals surface area (Å²) in [6, 6.07) is 8.45. The number of nitrogens with one attached hydrogen (secondary N) is 1. The molecule has 14 heteroatoms. The van der Waals surface area contributed by atoms with Crippen molar-refractivity contribution in [2.24, 2.45) is 5.73 Å². The van der Waals surface area contributed by atoms with Gasteiger partial charge in [-0.2, -0.15) is 5.10 Å². The summed E-state index contributed by atoms with van der Waals surface area (Å²) in [6.07, 6.45) is 2.08. The maximum atomic E-state index is 12.6. The molecule has 1 aromatic heterocycles. The number of hydrogen-bond acceptors (Lipinski definition) is 8. The minimum atomic E-state index is -1.82. The lowest BCUT2D eigenvalue weighted by molar-refractivity contribution is -0.159. The van der Waals surface area contributed by atoms with Crippen molar-refractivity contribution in [1.29, 1.82) is 0 Å². The maximum Gasteiger partial charge on any atom is 0.414 e. The number of carbonyl (C=O) groups is 5. The van der Waals surface area contributed by atoms with E-state index in [1.54, 1.807) is 0 Å². The van der Waals surface area contributed by atoms with Gasteiger partial charge < -0.3 is 36.4 Å². The number of amides is 1. The van der Waals surface area contributed by atoms with Gasteiger partial charge in [0, 0.05) is 30.6 Å². The van der Waals surface area contributed by atoms with E-state index in [0.29, 0.717) is 18.3 Å². The van der Waals surface area contributed by atoms with Gasteiger partial charge >= 0.3 is 23.9 Å². The first-order valence-corrected chi connectivity index (χ1v) is 11.0. The highest BCUT2D eigenvalue weighted by Crippen LogP contribution is 2.21. The second-order valence-electron chi connectivity index (χ2n) is 8.06. The zero-order valence-corrected chi connectivity index (χ0v) is 20.0. The summed E-state index contributed by atoms with van der Waals surface area (Å²) in [6.45, 7) is 7.67. The molecular weight excluding hydrogens is 478 g/mol. The van der Waals surface area contributed by atoms with Gasteiger partial charge in [-0.1, -0.05) is 18.2 Å². The number of nitrogens with two attached hydrogens (primary N) is 1. The number of para-hydroxylation sites is 1. The smallest absolute Gasteiger partial charge is 0.414 e. The van der Waals surface area contributed by atoms with Gasteiger partial charge in [-0.05, 0) is 45.8 Å². The first kappa shape index (κ1) is 30.0. The molecule has 0 saturated carbocycles. The van der Waals surface area contributed by atoms with Gasteiger partial charge in [0.1, 0.15) is 0 Å². The second-order valence-corrected chi connectivity index (χ2v) is 8.06. The van der Waals surface area contributed by atoms with E-state index >= 15 is 0 Å². The number of nitrogens with zero attached hydrogens (tertiary/aromatic N) is 3. The summed E-state index contributed by atoms with van der Waals surface area (Å²) in [4.78, 5) is 51.3. The molecule has 1 aromatic carbocycles. The van der Waals surface area contributed by atoms with Crippen molar-refractivity contribution in [2.75, 3.05) is 26.2 Å². The summed E-state index contributed by atoms with van der Waals surface area (Å²) in [5, 5.41) is 38.0. The molecule has 0 spiro atoms. The number of aliphatic carboxylic acids is 4. The van der Waals surface area contributed by atoms with Gasteiger partial charge in [-0.3, -0.25) is 9.48 Å². The van der Waals surface area contributed by atoms with E-state index in [2.05, 4.69) is 29.2 Å². The largest absolute Gasteiger partial charge is 0.473 e. The van der Waals surface area contributed by atoms with Gasteiger partial charge in [0.2, 0.25) is 0 Å². The van der Waals surface area contributed by atoms with Crippen molar-refractivity contribution < 1.29 is 44.4 Å². The van der Waals surface area contributed by atoms with Crippen LogP contribution >= 0.6 is 0 Å². The van der Waals surface area contributed by atoms with Gasteiger partial charge in [0.15, 0.2) is 5.69 Å². The Morgan fingerprint density at radius 1 is 0.972 bits per heavy atom. The first-order valence-electron chi connectivity index (χ1n) is 11.0. The normalized spacial score (nSPS) is 13.7. The lowest BCUT2D eigenvalue weighted by Gasteiger charge is -2.29. The summed E-state index contributed by atoms with van der Waals surface area (Å²) in [5.74, 6) is -7.39. The molecule has 2 aromatic rings. The standard InChI is InChI=1S/C18H27N5O.2C2H2O4/c1-13(2)23-16-6-4-3-5-15(16)17(21-23)18(24)20-9-12-22-10-7-14(19)8-11-22;2*3-1(4)2(5)6/h3-6,13-14H,7-12,19H2,1-2H3,(H,20,24);2*(H,3,4)(H,5,6). The number of fused-ring (bicyclic) bond motifs is 1. The molecule has 0 radical (unpaired) electrons. The molecule has 198 valence electrons. The average Bonchev–Trinajstić information content (AvgIpc) is 3.21. The van der Waals surface area contributed by atoms with E-state index < -0.39 is 23.9 Å². The molecule has 1 fully saturated rings. The Labute approximate surface area is 206 Å². The van der Waals surface area contributed by atoms with Crippen molar-refractivity contribution in [3.63, 3.8) is 0 Å². The predicted octanol–water partition coefficient (Wildman–Crippen LogP) is 0.0813. The number of benzene rings is 1. The molecule has 0 aliphatic carbocycles. The highest BCUT2D eigenvalue weighted by molar-refractivity contribution is 6.27. The quantitative estimate of drug-likeness (QED) is 0.295. The molecule has 0 unspecified atom stereocenters. The Bertz CT molecular complexity index is 1030. The number of rotatable bonds is 5. The van der Waals surface area contributed by atoms with Crippen LogP contribution < -0.4 is 11.1 Å². The minimum absolute atomic E-state index is 0.0979. The van der Waals surface area contributed by atoms with E-state index in [1.807, 2.05) is 28.9 Å². The molecule has 0 atom stereocenters. The van der Waals surface area contributed by atoms with Crippen LogP contribution in [0.25, 0.3) is 10.9 Å². The van der Waals surface area contributed by atoms with Gasteiger partial charge in [0.05, 0.1) is 5.52 Å². The monoisotopic (exact) mass is 509 g/mol. The lowest BCUT2D eigenvalue weighted by atomic mass is 10.1. The third-order valence-electron chi connectivity index (χ3n) is 5.03. The van der Waals surface area contributed by atoms with Crippen LogP contribution in [0, 0.1) is 0 Å². The van der Waals surface area contributed by atoms with Crippen LogP contribution in [0.2, 0.25) is 0 Å². The molecular formula is C22H31N5O9. The van der Waals surface area contributed by atoms with Crippen LogP contribution in [0.15, 0.2) is 24.3 Å². The van der Waals surface area contributed by atoms with Crippen molar-refractivity contribution in [3.05, 3.63) is 30.0 Å². The molecule has 1 amide bonds. The Kier molecular flexibility index (Phi) is 12.0. The lowest BCUT2D eigenvalue weighted by Crippen LogP contribution is -2.43. The third-order valence-corrected chi connectivity index (χ3v) is 5.03. The topological polar surface area (TPSA) is 225 Å². The van der Waals surface area contributed by atoms with Gasteiger partial charge in [-0.25, -0.2) is 19.2 Å². The Hall–Kier alpha value is -4.04. The van der Waals surface area contributed by atoms with Crippen LogP contribution in [-0.2, 0) is 19.2 Å². The number of likely N-dealkylation sites (tertiary alicyclic amines) is 1. The van der Waals surface area contributed by atoms with E-state index in [-0.39, 0.29) is 11.9 Å². The Balaban J connectivity index is 0.000000450. The number of piperidine rings is 1. The van der Waals surface area contributed by atoms with Crippen LogP contribution in [-0.4, -0.2) is 97.1 Å². The maximum absolute atomic E-state index is 12.6. The van der Waals surface area contributed by atoms with Crippen molar-refractivity contribution >= 4 is 40.7 Å². The minimum Gasteiger partial charge on any atom is -0.473 e. The molecule has 1 aliphatic rings. The predicted molar refractivity (Wildman–Crippen MR) is 127 cm³/mol. The number of carboxylic acid groups (broad SMARTS) is 4. The Morgan fingerprint density at radius 2 is 1.47 bits per heavy atom. The molecule has 3 rings (SSSR count). The van der Waals surface area contributed by atoms with Crippen LogP contribution in [0.3, 0.4) is 0 Å². The summed E-state index contributed by atoms with van der Waals surface area (Å²) in [5.41, 5.74) is 7.44. The van der Waals surface area contributed by atoms with Crippen LogP contribution in [0.4, 0.5) is 0 Å². The molecule has 1 aliphatic heterocycles. The number of carbonyl (C=O) groups excluding carboxylic acids is 1. The number of carboxylic acids is 4. The van der Waals surface area contributed by atoms with E-state index in [4.69, 9.17) is 45.3 Å². The SMILES string of the molecule is CC(C)n1nc(C(=O)NCCN2CCC(N)CC2)c2ccccc21.O=C(O)C(=O)O.O=C(O)C(=O)O. The van der Waals surface area contributed by atoms with Gasteiger partial charge in [-0.15, -0.1) is 0 Å². The van der Waals surface area contributed by atoms with E-state index in [0.717, 1.165) is 43.4 Å². The molecule has 7 N–H and O–H groups in total. The van der Waals surface area contributed by atoms with Crippen molar-refractivity contribution in [2.45, 2.75) is 38.8 Å². The van der Waals surface area contributed by atoms with E-state index in [1.165, 1.54) is 0 Å². The molecule has 14 nitrogen and oxygen atoms in total. The highest BCUT2D eigenvalue weighted by Gasteiger charge is 2.19. The Morgan fingerprint density at radius 3 is 1.94 bits per heavy atom. The number of hydrogen-bond donors (Lipinski definition) is 6. The fraction of sp³-hybridized carbons (Fsp3) is 0.455. The summed E-state index contributed by atoms with van der Waals surface area (Å²) in [7, 11) is 0. The van der Waals surface area contributed by atoms with Crippen molar-refractivity contribution in [3.8, 4) is 0 Å². The van der Waals surface area contributed by atoms with Gasteiger partial charge in [0.25, 0.3) is 5.91 Å². The van der Waals surface area contributed by atoms with E-state index in [9.17, 15) is 4.79 Å². The second kappa shape index (κ2) is 14.4. The van der Waals surface area contributed by atoms with Crippen molar-refractivity contribution in [1.82, 2.24) is 20.0 Å². The highest BCUT2D eigenvalue weighted by atomic mass is 16.4. The number of aromatic nitrogens is 2. The zero-order valence-electron chi connectivity index (χ0n) is 20.0.